The zero-order valence-corrected chi connectivity index (χ0v) is 18.1. The van der Waals surface area contributed by atoms with Crippen LogP contribution in [0, 0.1) is 11.3 Å². The lowest BCUT2D eigenvalue weighted by Crippen LogP contribution is -2.40. The number of carbonyl (C=O) groups excluding carboxylic acids is 1. The van der Waals surface area contributed by atoms with Gasteiger partial charge in [0.1, 0.15) is 11.8 Å². The molecule has 0 bridgehead atoms. The molecule has 5 nitrogen and oxygen atoms in total. The monoisotopic (exact) mass is 426 g/mol. The predicted octanol–water partition coefficient (Wildman–Crippen LogP) is 4.97. The average molecular weight is 427 g/mol. The van der Waals surface area contributed by atoms with E-state index in [9.17, 15) is 4.79 Å². The lowest BCUT2D eigenvalue weighted by atomic mass is 9.95. The molecule has 154 valence electrons. The minimum atomic E-state index is -0.0327. The Kier molecular flexibility index (Phi) is 5.05. The third-order valence-corrected chi connectivity index (χ3v) is 7.13. The van der Waals surface area contributed by atoms with Gasteiger partial charge in [-0.05, 0) is 54.5 Å². The van der Waals surface area contributed by atoms with Gasteiger partial charge in [-0.2, -0.15) is 5.26 Å². The summed E-state index contributed by atoms with van der Waals surface area (Å²) in [6.45, 7) is 3.62. The molecule has 5 rings (SSSR count). The van der Waals surface area contributed by atoms with E-state index >= 15 is 0 Å². The van der Waals surface area contributed by atoms with Crippen LogP contribution in [0.25, 0.3) is 10.9 Å². The molecule has 0 N–H and O–H groups in total. The largest absolute Gasteiger partial charge is 0.347 e. The van der Waals surface area contributed by atoms with Gasteiger partial charge in [0.2, 0.25) is 0 Å². The van der Waals surface area contributed by atoms with E-state index in [1.54, 1.807) is 23.6 Å². The number of nitriles is 1. The second kappa shape index (κ2) is 8.01. The first-order valence-corrected chi connectivity index (χ1v) is 11.4. The summed E-state index contributed by atoms with van der Waals surface area (Å²) >= 11 is 1.72. The minimum absolute atomic E-state index is 0.0327. The second-order valence-corrected chi connectivity index (χ2v) is 8.74. The number of pyridine rings is 1. The maximum Gasteiger partial charge on any atom is 0.256 e. The third-order valence-electron chi connectivity index (χ3n) is 6.07. The summed E-state index contributed by atoms with van der Waals surface area (Å²) in [6.07, 6.45) is 5.31. The average Bonchev–Trinajstić information content (AvgIpc) is 3.44. The predicted molar refractivity (Wildman–Crippen MR) is 122 cm³/mol. The van der Waals surface area contributed by atoms with Crippen LogP contribution < -0.4 is 0 Å². The van der Waals surface area contributed by atoms with E-state index in [0.29, 0.717) is 18.7 Å². The molecule has 1 aromatic carbocycles. The summed E-state index contributed by atoms with van der Waals surface area (Å²) in [5.74, 6) is 0.0778. The molecule has 1 unspecified atom stereocenters. The molecule has 4 aromatic rings. The summed E-state index contributed by atoms with van der Waals surface area (Å²) in [6, 6.07) is 16.0. The van der Waals surface area contributed by atoms with Crippen molar-refractivity contribution in [1.29, 1.82) is 5.26 Å². The number of aryl methyl sites for hydroxylation is 1. The SMILES string of the molecule is CCn1cc(C(=O)N2CCc3ccsc3C2Cc2ccc(C#N)nc2)c2ccccc21. The van der Waals surface area contributed by atoms with Crippen LogP contribution >= 0.6 is 11.3 Å². The normalized spacial score (nSPS) is 15.6. The van der Waals surface area contributed by atoms with Gasteiger partial charge in [0.05, 0.1) is 11.6 Å². The van der Waals surface area contributed by atoms with E-state index in [1.165, 1.54) is 10.4 Å². The van der Waals surface area contributed by atoms with Crippen molar-refractivity contribution in [1.82, 2.24) is 14.5 Å². The highest BCUT2D eigenvalue weighted by molar-refractivity contribution is 7.10. The number of carbonyl (C=O) groups is 1. The van der Waals surface area contributed by atoms with Crippen LogP contribution in [0.4, 0.5) is 0 Å². The fourth-order valence-electron chi connectivity index (χ4n) is 4.50. The molecule has 1 amide bonds. The van der Waals surface area contributed by atoms with Crippen molar-refractivity contribution in [2.75, 3.05) is 6.54 Å². The summed E-state index contributed by atoms with van der Waals surface area (Å²) in [4.78, 5) is 21.3. The number of rotatable bonds is 4. The molecule has 1 aliphatic heterocycles. The molecule has 31 heavy (non-hydrogen) atoms. The maximum absolute atomic E-state index is 13.8. The fourth-order valence-corrected chi connectivity index (χ4v) is 5.57. The molecule has 0 aliphatic carbocycles. The van der Waals surface area contributed by atoms with Crippen molar-refractivity contribution in [2.45, 2.75) is 32.4 Å². The zero-order valence-electron chi connectivity index (χ0n) is 17.3. The lowest BCUT2D eigenvalue weighted by molar-refractivity contribution is 0.0666. The number of benzene rings is 1. The number of nitrogens with zero attached hydrogens (tertiary/aromatic N) is 4. The molecule has 0 fully saturated rings. The molecule has 0 saturated heterocycles. The Morgan fingerprint density at radius 2 is 2.13 bits per heavy atom. The topological polar surface area (TPSA) is 61.9 Å². The van der Waals surface area contributed by atoms with Gasteiger partial charge in [-0.3, -0.25) is 4.79 Å². The molecule has 3 aromatic heterocycles. The number of para-hydroxylation sites is 1. The molecule has 4 heterocycles. The third kappa shape index (κ3) is 3.41. The number of hydrogen-bond donors (Lipinski definition) is 0. The van der Waals surface area contributed by atoms with Crippen LogP contribution in [0.2, 0.25) is 0 Å². The summed E-state index contributed by atoms with van der Waals surface area (Å²) in [7, 11) is 0. The summed E-state index contributed by atoms with van der Waals surface area (Å²) in [5.41, 5.74) is 4.62. The fraction of sp³-hybridized carbons (Fsp3) is 0.240. The Bertz CT molecular complexity index is 1300. The van der Waals surface area contributed by atoms with Gasteiger partial charge >= 0.3 is 0 Å². The van der Waals surface area contributed by atoms with E-state index in [1.807, 2.05) is 35.4 Å². The van der Waals surface area contributed by atoms with Crippen LogP contribution in [0.3, 0.4) is 0 Å². The Morgan fingerprint density at radius 3 is 2.90 bits per heavy atom. The quantitative estimate of drug-likeness (QED) is 0.463. The molecule has 0 spiro atoms. The molecule has 1 atom stereocenters. The minimum Gasteiger partial charge on any atom is -0.347 e. The van der Waals surface area contributed by atoms with Crippen LogP contribution in [0.5, 0.6) is 0 Å². The standard InChI is InChI=1S/C25H22N4OS/c1-2-28-16-21(20-5-3-4-6-22(20)28)25(30)29-11-9-18-10-12-31-24(18)23(29)13-17-7-8-19(14-26)27-15-17/h3-8,10,12,15-16,23H,2,9,11,13H2,1H3. The highest BCUT2D eigenvalue weighted by atomic mass is 32.1. The van der Waals surface area contributed by atoms with E-state index in [2.05, 4.69) is 40.1 Å². The number of hydrogen-bond acceptors (Lipinski definition) is 4. The molecular weight excluding hydrogens is 404 g/mol. The van der Waals surface area contributed by atoms with Crippen molar-refractivity contribution >= 4 is 28.1 Å². The number of thiophene rings is 1. The Hall–Kier alpha value is -3.43. The van der Waals surface area contributed by atoms with Crippen molar-refractivity contribution in [3.05, 3.63) is 87.5 Å². The highest BCUT2D eigenvalue weighted by Crippen LogP contribution is 2.38. The van der Waals surface area contributed by atoms with E-state index < -0.39 is 0 Å². The Morgan fingerprint density at radius 1 is 1.26 bits per heavy atom. The van der Waals surface area contributed by atoms with Gasteiger partial charge in [0.15, 0.2) is 0 Å². The molecule has 1 aliphatic rings. The van der Waals surface area contributed by atoms with E-state index in [4.69, 9.17) is 5.26 Å². The summed E-state index contributed by atoms with van der Waals surface area (Å²) < 4.78 is 2.14. The maximum atomic E-state index is 13.8. The molecule has 6 heteroatoms. The number of fused-ring (bicyclic) bond motifs is 2. The van der Waals surface area contributed by atoms with Crippen molar-refractivity contribution in [3.63, 3.8) is 0 Å². The first-order valence-electron chi connectivity index (χ1n) is 10.5. The number of aromatic nitrogens is 2. The Balaban J connectivity index is 1.54. The van der Waals surface area contributed by atoms with Gasteiger partial charge in [0.25, 0.3) is 5.91 Å². The van der Waals surface area contributed by atoms with Crippen LogP contribution in [-0.4, -0.2) is 26.9 Å². The van der Waals surface area contributed by atoms with E-state index in [-0.39, 0.29) is 11.9 Å². The van der Waals surface area contributed by atoms with Gasteiger partial charge in [-0.1, -0.05) is 24.3 Å². The van der Waals surface area contributed by atoms with Gasteiger partial charge in [-0.25, -0.2) is 4.98 Å². The van der Waals surface area contributed by atoms with Crippen molar-refractivity contribution in [3.8, 4) is 6.07 Å². The molecular formula is C25H22N4OS. The van der Waals surface area contributed by atoms with Crippen LogP contribution in [0.1, 0.15) is 45.0 Å². The van der Waals surface area contributed by atoms with Crippen molar-refractivity contribution < 1.29 is 4.79 Å². The second-order valence-electron chi connectivity index (χ2n) is 7.79. The zero-order chi connectivity index (χ0) is 21.4. The van der Waals surface area contributed by atoms with Gasteiger partial charge in [-0.15, -0.1) is 11.3 Å². The summed E-state index contributed by atoms with van der Waals surface area (Å²) in [5, 5.41) is 12.2. The highest BCUT2D eigenvalue weighted by Gasteiger charge is 2.33. The molecule has 0 saturated carbocycles. The van der Waals surface area contributed by atoms with Crippen molar-refractivity contribution in [2.24, 2.45) is 0 Å². The first-order chi connectivity index (χ1) is 15.2. The smallest absolute Gasteiger partial charge is 0.256 e. The van der Waals surface area contributed by atoms with E-state index in [0.717, 1.165) is 35.0 Å². The first kappa shape index (κ1) is 19.5. The van der Waals surface area contributed by atoms with Gasteiger partial charge in [0, 0.05) is 41.3 Å². The van der Waals surface area contributed by atoms with Crippen LogP contribution in [-0.2, 0) is 19.4 Å². The lowest BCUT2D eigenvalue weighted by Gasteiger charge is -2.36. The van der Waals surface area contributed by atoms with Crippen LogP contribution in [0.15, 0.2) is 60.2 Å². The molecule has 0 radical (unpaired) electrons. The van der Waals surface area contributed by atoms with Gasteiger partial charge < -0.3 is 9.47 Å². The Labute approximate surface area is 185 Å². The number of amides is 1.